The molecule has 0 spiro atoms. The molecule has 0 unspecified atom stereocenters. The Bertz CT molecular complexity index is 567. The monoisotopic (exact) mass is 358 g/mol. The summed E-state index contributed by atoms with van der Waals surface area (Å²) in [5.74, 6) is 3.61. The lowest BCUT2D eigenvalue weighted by molar-refractivity contribution is -0.0647. The van der Waals surface area contributed by atoms with Crippen LogP contribution in [-0.2, 0) is 0 Å². The van der Waals surface area contributed by atoms with E-state index >= 15 is 0 Å². The normalized spacial score (nSPS) is 49.2. The minimum absolute atomic E-state index is 0.468. The van der Waals surface area contributed by atoms with Crippen molar-refractivity contribution in [2.24, 2.45) is 34.5 Å². The van der Waals surface area contributed by atoms with Gasteiger partial charge in [-0.05, 0) is 114 Å². The summed E-state index contributed by atoms with van der Waals surface area (Å²) in [5.41, 5.74) is 2.96. The summed E-state index contributed by atoms with van der Waals surface area (Å²) >= 11 is 0. The topological polar surface area (TPSA) is 15.3 Å². The average molecular weight is 359 g/mol. The van der Waals surface area contributed by atoms with Crippen molar-refractivity contribution < 1.29 is 0 Å². The van der Waals surface area contributed by atoms with Gasteiger partial charge in [0, 0.05) is 12.1 Å². The van der Waals surface area contributed by atoms with Crippen LogP contribution in [0.4, 0.5) is 0 Å². The number of nitrogens with one attached hydrogen (secondary N) is 1. The molecule has 4 aliphatic carbocycles. The Morgan fingerprint density at radius 1 is 1.12 bits per heavy atom. The van der Waals surface area contributed by atoms with Crippen molar-refractivity contribution >= 4 is 0 Å². The van der Waals surface area contributed by atoms with Crippen molar-refractivity contribution in [2.45, 2.75) is 84.2 Å². The fraction of sp³-hybridized carbons (Fsp3) is 0.917. The summed E-state index contributed by atoms with van der Waals surface area (Å²) in [6.45, 7) is 7.76. The molecule has 0 bridgehead atoms. The number of rotatable bonds is 3. The van der Waals surface area contributed by atoms with Crippen molar-refractivity contribution in [3.8, 4) is 0 Å². The molecule has 148 valence electrons. The molecule has 4 rings (SSSR count). The van der Waals surface area contributed by atoms with Crippen LogP contribution in [0.2, 0.25) is 0 Å². The first-order valence-electron chi connectivity index (χ1n) is 11.4. The highest BCUT2D eigenvalue weighted by Gasteiger charge is 2.58. The molecule has 0 aromatic carbocycles. The standard InChI is InChI=1S/C24H42N2/c1-16(26(5)6)20-9-10-21-19-8-7-17-15-18(25-4)11-13-23(17,2)22(19)12-14-24(20,21)3/h10,16-20,22,25H,7-9,11-15H2,1-6H3/t16-,17-,18-,19-,20+,22-,23-,24+/m0/s1. The molecular formula is C24H42N2. The van der Waals surface area contributed by atoms with Gasteiger partial charge in [-0.3, -0.25) is 0 Å². The minimum atomic E-state index is 0.468. The molecule has 0 aromatic heterocycles. The van der Waals surface area contributed by atoms with Crippen LogP contribution in [0, 0.1) is 34.5 Å². The molecule has 1 N–H and O–H groups in total. The second-order valence-electron chi connectivity index (χ2n) is 10.9. The zero-order valence-corrected chi connectivity index (χ0v) is 18.1. The van der Waals surface area contributed by atoms with E-state index in [9.17, 15) is 0 Å². The number of hydrogen-bond donors (Lipinski definition) is 1. The largest absolute Gasteiger partial charge is 0.317 e. The Kier molecular flexibility index (Phi) is 4.84. The molecule has 0 saturated heterocycles. The van der Waals surface area contributed by atoms with Crippen molar-refractivity contribution in [3.63, 3.8) is 0 Å². The second kappa shape index (κ2) is 6.62. The lowest BCUT2D eigenvalue weighted by atomic mass is 9.45. The van der Waals surface area contributed by atoms with Crippen LogP contribution >= 0.6 is 0 Å². The van der Waals surface area contributed by atoms with Gasteiger partial charge in [0.25, 0.3) is 0 Å². The Labute approximate surface area is 162 Å². The predicted octanol–water partition coefficient (Wildman–Crippen LogP) is 5.10. The van der Waals surface area contributed by atoms with Crippen LogP contribution < -0.4 is 5.32 Å². The van der Waals surface area contributed by atoms with Gasteiger partial charge < -0.3 is 10.2 Å². The SMILES string of the molecule is CN[C@H]1CC[C@@]2(C)[C@@H](CC[C@H]3C4=CC[C@H]([C@H](C)N(C)C)[C@@]4(C)CC[C@@H]32)C1. The van der Waals surface area contributed by atoms with Gasteiger partial charge in [0.15, 0.2) is 0 Å². The number of hydrogen-bond acceptors (Lipinski definition) is 2. The summed E-state index contributed by atoms with van der Waals surface area (Å²) in [6.07, 6.45) is 14.1. The van der Waals surface area contributed by atoms with Gasteiger partial charge in [-0.15, -0.1) is 0 Å². The number of allylic oxidation sites excluding steroid dienone is 2. The van der Waals surface area contributed by atoms with Gasteiger partial charge in [-0.25, -0.2) is 0 Å². The van der Waals surface area contributed by atoms with Crippen molar-refractivity contribution in [1.82, 2.24) is 10.2 Å². The molecule has 26 heavy (non-hydrogen) atoms. The van der Waals surface area contributed by atoms with E-state index < -0.39 is 0 Å². The predicted molar refractivity (Wildman–Crippen MR) is 111 cm³/mol. The molecule has 8 atom stereocenters. The lowest BCUT2D eigenvalue weighted by Crippen LogP contribution is -2.54. The summed E-state index contributed by atoms with van der Waals surface area (Å²) in [5, 5.41) is 3.58. The van der Waals surface area contributed by atoms with Crippen LogP contribution in [0.5, 0.6) is 0 Å². The summed E-state index contributed by atoms with van der Waals surface area (Å²) in [4.78, 5) is 2.45. The highest BCUT2D eigenvalue weighted by atomic mass is 15.1. The van der Waals surface area contributed by atoms with Gasteiger partial charge in [-0.1, -0.05) is 25.5 Å². The van der Waals surface area contributed by atoms with E-state index in [0.717, 1.165) is 29.7 Å². The van der Waals surface area contributed by atoms with Crippen molar-refractivity contribution in [1.29, 1.82) is 0 Å². The second-order valence-corrected chi connectivity index (χ2v) is 10.9. The van der Waals surface area contributed by atoms with E-state index in [-0.39, 0.29) is 0 Å². The highest BCUT2D eigenvalue weighted by Crippen LogP contribution is 2.66. The third-order valence-corrected chi connectivity index (χ3v) is 9.94. The molecule has 3 saturated carbocycles. The highest BCUT2D eigenvalue weighted by molar-refractivity contribution is 5.30. The molecule has 4 aliphatic rings. The Balaban J connectivity index is 1.58. The van der Waals surface area contributed by atoms with E-state index in [2.05, 4.69) is 58.2 Å². The number of nitrogens with zero attached hydrogens (tertiary/aromatic N) is 1. The third kappa shape index (κ3) is 2.65. The molecule has 0 aliphatic heterocycles. The first kappa shape index (κ1) is 19.0. The Morgan fingerprint density at radius 3 is 2.58 bits per heavy atom. The molecule has 0 radical (unpaired) electrons. The quantitative estimate of drug-likeness (QED) is 0.706. The van der Waals surface area contributed by atoms with Gasteiger partial charge in [0.1, 0.15) is 0 Å². The molecule has 2 nitrogen and oxygen atoms in total. The molecule has 2 heteroatoms. The zero-order chi connectivity index (χ0) is 18.7. The lowest BCUT2D eigenvalue weighted by Gasteiger charge is -2.60. The van der Waals surface area contributed by atoms with Crippen molar-refractivity contribution in [2.75, 3.05) is 21.1 Å². The maximum atomic E-state index is 3.58. The van der Waals surface area contributed by atoms with E-state index in [1.165, 1.54) is 51.4 Å². The Hall–Kier alpha value is -0.340. The maximum Gasteiger partial charge on any atom is 0.0100 e. The molecule has 0 amide bonds. The van der Waals surface area contributed by atoms with E-state index in [1.54, 1.807) is 0 Å². The third-order valence-electron chi connectivity index (χ3n) is 9.94. The van der Waals surface area contributed by atoms with Gasteiger partial charge in [-0.2, -0.15) is 0 Å². The first-order chi connectivity index (χ1) is 12.3. The smallest absolute Gasteiger partial charge is 0.0100 e. The van der Waals surface area contributed by atoms with E-state index in [4.69, 9.17) is 0 Å². The number of fused-ring (bicyclic) bond motifs is 5. The van der Waals surface area contributed by atoms with Crippen LogP contribution in [0.15, 0.2) is 11.6 Å². The van der Waals surface area contributed by atoms with Crippen LogP contribution in [-0.4, -0.2) is 38.1 Å². The van der Waals surface area contributed by atoms with E-state index in [1.807, 2.05) is 5.57 Å². The summed E-state index contributed by atoms with van der Waals surface area (Å²) in [7, 11) is 6.70. The fourth-order valence-corrected chi connectivity index (χ4v) is 7.97. The molecule has 3 fully saturated rings. The van der Waals surface area contributed by atoms with Gasteiger partial charge >= 0.3 is 0 Å². The van der Waals surface area contributed by atoms with Gasteiger partial charge in [0.05, 0.1) is 0 Å². The minimum Gasteiger partial charge on any atom is -0.317 e. The fourth-order valence-electron chi connectivity index (χ4n) is 7.97. The van der Waals surface area contributed by atoms with Crippen molar-refractivity contribution in [3.05, 3.63) is 11.6 Å². The van der Waals surface area contributed by atoms with E-state index in [0.29, 0.717) is 16.9 Å². The maximum absolute atomic E-state index is 3.58. The molecular weight excluding hydrogens is 316 g/mol. The van der Waals surface area contributed by atoms with Gasteiger partial charge in [0.2, 0.25) is 0 Å². The summed E-state index contributed by atoms with van der Waals surface area (Å²) in [6, 6.07) is 1.46. The Morgan fingerprint density at radius 2 is 1.88 bits per heavy atom. The average Bonchev–Trinajstić information content (AvgIpc) is 2.97. The van der Waals surface area contributed by atoms with Crippen LogP contribution in [0.25, 0.3) is 0 Å². The van der Waals surface area contributed by atoms with Crippen LogP contribution in [0.3, 0.4) is 0 Å². The zero-order valence-electron chi connectivity index (χ0n) is 18.1. The van der Waals surface area contributed by atoms with Crippen LogP contribution in [0.1, 0.15) is 72.1 Å². The molecule has 0 aromatic rings. The molecule has 0 heterocycles. The first-order valence-corrected chi connectivity index (χ1v) is 11.4. The summed E-state index contributed by atoms with van der Waals surface area (Å²) < 4.78 is 0.